The largest absolute Gasteiger partial charge is 0.495 e. The quantitative estimate of drug-likeness (QED) is 0.828. The van der Waals surface area contributed by atoms with Crippen LogP contribution < -0.4 is 19.4 Å². The summed E-state index contributed by atoms with van der Waals surface area (Å²) in [4.78, 5) is 16.2. The van der Waals surface area contributed by atoms with Crippen molar-refractivity contribution in [3.8, 4) is 5.75 Å². The van der Waals surface area contributed by atoms with E-state index in [-0.39, 0.29) is 0 Å². The summed E-state index contributed by atoms with van der Waals surface area (Å²) >= 11 is 0. The van der Waals surface area contributed by atoms with Crippen molar-refractivity contribution in [2.24, 2.45) is 5.92 Å². The molecular formula is C21H29N5O. The van der Waals surface area contributed by atoms with Crippen molar-refractivity contribution in [3.63, 3.8) is 0 Å². The van der Waals surface area contributed by atoms with Crippen LogP contribution >= 0.6 is 0 Å². The Balaban J connectivity index is 1.42. The standard InChI is InChI=1S/C21H29N5O/c1-17-7-9-25(10-8-17)20-15-21(23-16-22-20)26-13-11-24(12-14-26)18-5-3-4-6-19(18)27-2/h3-6,15-17H,7-14H2,1-2H3. The number of hydrogen-bond acceptors (Lipinski definition) is 6. The molecule has 0 aliphatic carbocycles. The van der Waals surface area contributed by atoms with Crippen molar-refractivity contribution < 1.29 is 4.74 Å². The fourth-order valence-corrected chi connectivity index (χ4v) is 3.99. The summed E-state index contributed by atoms with van der Waals surface area (Å²) in [5, 5.41) is 0. The molecule has 2 saturated heterocycles. The lowest BCUT2D eigenvalue weighted by Crippen LogP contribution is -2.47. The predicted octanol–water partition coefficient (Wildman–Crippen LogP) is 3.05. The summed E-state index contributed by atoms with van der Waals surface area (Å²) in [7, 11) is 1.73. The molecule has 144 valence electrons. The number of anilines is 3. The second-order valence-electron chi connectivity index (χ2n) is 7.55. The van der Waals surface area contributed by atoms with Crippen molar-refractivity contribution in [2.45, 2.75) is 19.8 Å². The first-order valence-electron chi connectivity index (χ1n) is 9.94. The lowest BCUT2D eigenvalue weighted by Gasteiger charge is -2.37. The molecule has 0 unspecified atom stereocenters. The summed E-state index contributed by atoms with van der Waals surface area (Å²) in [6.07, 6.45) is 4.21. The molecule has 3 heterocycles. The minimum Gasteiger partial charge on any atom is -0.495 e. The Morgan fingerprint density at radius 3 is 2.11 bits per heavy atom. The molecule has 0 N–H and O–H groups in total. The van der Waals surface area contributed by atoms with E-state index < -0.39 is 0 Å². The number of aromatic nitrogens is 2. The molecule has 1 aromatic carbocycles. The van der Waals surface area contributed by atoms with Gasteiger partial charge in [0.2, 0.25) is 0 Å². The van der Waals surface area contributed by atoms with E-state index in [1.54, 1.807) is 13.4 Å². The molecule has 0 bridgehead atoms. The summed E-state index contributed by atoms with van der Waals surface area (Å²) < 4.78 is 5.52. The van der Waals surface area contributed by atoms with Gasteiger partial charge >= 0.3 is 0 Å². The molecule has 2 aliphatic heterocycles. The van der Waals surface area contributed by atoms with Gasteiger partial charge in [0.1, 0.15) is 23.7 Å². The number of hydrogen-bond donors (Lipinski definition) is 0. The number of piperidine rings is 1. The zero-order valence-corrected chi connectivity index (χ0v) is 16.3. The first-order valence-corrected chi connectivity index (χ1v) is 9.94. The Labute approximate surface area is 161 Å². The van der Waals surface area contributed by atoms with Gasteiger partial charge in [0.05, 0.1) is 12.8 Å². The SMILES string of the molecule is COc1ccccc1N1CCN(c2cc(N3CCC(C)CC3)ncn2)CC1. The molecule has 0 radical (unpaired) electrons. The third-order valence-corrected chi connectivity index (χ3v) is 5.78. The van der Waals surface area contributed by atoms with Crippen molar-refractivity contribution >= 4 is 17.3 Å². The predicted molar refractivity (Wildman–Crippen MR) is 110 cm³/mol. The summed E-state index contributed by atoms with van der Waals surface area (Å²) in [5.74, 6) is 3.87. The smallest absolute Gasteiger partial charge is 0.142 e. The van der Waals surface area contributed by atoms with Crippen molar-refractivity contribution in [1.82, 2.24) is 9.97 Å². The van der Waals surface area contributed by atoms with Gasteiger partial charge in [-0.15, -0.1) is 0 Å². The zero-order valence-electron chi connectivity index (χ0n) is 16.3. The van der Waals surface area contributed by atoms with E-state index in [0.717, 1.165) is 62.6 Å². The second kappa shape index (κ2) is 8.03. The van der Waals surface area contributed by atoms with Crippen LogP contribution in [-0.2, 0) is 0 Å². The number of benzene rings is 1. The average Bonchev–Trinajstić information content (AvgIpc) is 2.74. The molecule has 1 aromatic heterocycles. The molecule has 4 rings (SSSR count). The van der Waals surface area contributed by atoms with Gasteiger partial charge in [-0.2, -0.15) is 0 Å². The van der Waals surface area contributed by atoms with Crippen molar-refractivity contribution in [1.29, 1.82) is 0 Å². The summed E-state index contributed by atoms with van der Waals surface area (Å²) in [6.45, 7) is 8.35. The zero-order chi connectivity index (χ0) is 18.6. The van der Waals surface area contributed by atoms with Crippen LogP contribution in [0.5, 0.6) is 5.75 Å². The number of nitrogens with zero attached hydrogens (tertiary/aromatic N) is 5. The molecule has 0 amide bonds. The van der Waals surface area contributed by atoms with Crippen LogP contribution in [0.15, 0.2) is 36.7 Å². The molecular weight excluding hydrogens is 338 g/mol. The molecule has 6 heteroatoms. The van der Waals surface area contributed by atoms with Crippen LogP contribution in [0.4, 0.5) is 17.3 Å². The summed E-state index contributed by atoms with van der Waals surface area (Å²) in [5.41, 5.74) is 1.17. The Hall–Kier alpha value is -2.50. The molecule has 2 aromatic rings. The van der Waals surface area contributed by atoms with Crippen LogP contribution in [0.2, 0.25) is 0 Å². The van der Waals surface area contributed by atoms with Crippen molar-refractivity contribution in [2.75, 3.05) is 61.1 Å². The average molecular weight is 367 g/mol. The van der Waals surface area contributed by atoms with Crippen LogP contribution in [0.1, 0.15) is 19.8 Å². The van der Waals surface area contributed by atoms with E-state index in [1.807, 2.05) is 12.1 Å². The van der Waals surface area contributed by atoms with Gasteiger partial charge in [-0.25, -0.2) is 9.97 Å². The van der Waals surface area contributed by atoms with E-state index in [0.29, 0.717) is 0 Å². The van der Waals surface area contributed by atoms with E-state index in [4.69, 9.17) is 4.74 Å². The maximum absolute atomic E-state index is 5.52. The highest BCUT2D eigenvalue weighted by Crippen LogP contribution is 2.29. The third kappa shape index (κ3) is 3.94. The molecule has 2 aliphatic rings. The number of methoxy groups -OCH3 is 1. The number of piperazine rings is 1. The van der Waals surface area contributed by atoms with E-state index >= 15 is 0 Å². The normalized spacial score (nSPS) is 18.7. The maximum Gasteiger partial charge on any atom is 0.142 e. The molecule has 0 atom stereocenters. The van der Waals surface area contributed by atoms with Gasteiger partial charge in [0.15, 0.2) is 0 Å². The molecule has 0 saturated carbocycles. The minimum absolute atomic E-state index is 0.825. The highest BCUT2D eigenvalue weighted by molar-refractivity contribution is 5.60. The van der Waals surface area contributed by atoms with Crippen LogP contribution in [0.3, 0.4) is 0 Å². The molecule has 27 heavy (non-hydrogen) atoms. The Morgan fingerprint density at radius 1 is 0.852 bits per heavy atom. The van der Waals surface area contributed by atoms with Gasteiger partial charge in [-0.05, 0) is 30.9 Å². The van der Waals surface area contributed by atoms with Crippen LogP contribution in [0.25, 0.3) is 0 Å². The topological polar surface area (TPSA) is 44.7 Å². The number of para-hydroxylation sites is 2. The molecule has 6 nitrogen and oxygen atoms in total. The highest BCUT2D eigenvalue weighted by atomic mass is 16.5. The van der Waals surface area contributed by atoms with Gasteiger partial charge in [0, 0.05) is 45.3 Å². The monoisotopic (exact) mass is 367 g/mol. The Kier molecular flexibility index (Phi) is 5.32. The van der Waals surface area contributed by atoms with Gasteiger partial charge < -0.3 is 19.4 Å². The number of rotatable bonds is 4. The van der Waals surface area contributed by atoms with Gasteiger partial charge in [0.25, 0.3) is 0 Å². The molecule has 2 fully saturated rings. The summed E-state index contributed by atoms with van der Waals surface area (Å²) in [6, 6.07) is 10.4. The Bertz CT molecular complexity index is 752. The van der Waals surface area contributed by atoms with E-state index in [2.05, 4.69) is 49.8 Å². The van der Waals surface area contributed by atoms with E-state index in [9.17, 15) is 0 Å². The fraction of sp³-hybridized carbons (Fsp3) is 0.524. The lowest BCUT2D eigenvalue weighted by molar-refractivity contribution is 0.413. The third-order valence-electron chi connectivity index (χ3n) is 5.78. The maximum atomic E-state index is 5.52. The fourth-order valence-electron chi connectivity index (χ4n) is 3.99. The van der Waals surface area contributed by atoms with Gasteiger partial charge in [-0.3, -0.25) is 0 Å². The minimum atomic E-state index is 0.825. The Morgan fingerprint density at radius 2 is 1.44 bits per heavy atom. The molecule has 0 spiro atoms. The number of ether oxygens (including phenoxy) is 1. The first-order chi connectivity index (χ1) is 13.2. The van der Waals surface area contributed by atoms with Gasteiger partial charge in [-0.1, -0.05) is 19.1 Å². The lowest BCUT2D eigenvalue weighted by atomic mass is 9.99. The van der Waals surface area contributed by atoms with Crippen molar-refractivity contribution in [3.05, 3.63) is 36.7 Å². The van der Waals surface area contributed by atoms with E-state index in [1.165, 1.54) is 18.5 Å². The first kappa shape index (κ1) is 17.9. The van der Waals surface area contributed by atoms with Crippen LogP contribution in [-0.4, -0.2) is 56.3 Å². The highest BCUT2D eigenvalue weighted by Gasteiger charge is 2.22. The second-order valence-corrected chi connectivity index (χ2v) is 7.55. The van der Waals surface area contributed by atoms with Crippen LogP contribution in [0, 0.1) is 5.92 Å².